The highest BCUT2D eigenvalue weighted by atomic mass is 16.1. The van der Waals surface area contributed by atoms with Gasteiger partial charge in [-0.15, -0.1) is 0 Å². The SMILES string of the molecule is CCC1(CNC(=O)C(C)c2cccc(N)c2)CCCC1. The highest BCUT2D eigenvalue weighted by Crippen LogP contribution is 2.40. The van der Waals surface area contributed by atoms with Crippen LogP contribution in [0.5, 0.6) is 0 Å². The first-order valence-electron chi connectivity index (χ1n) is 7.69. The third-order valence-corrected chi connectivity index (χ3v) is 4.86. The highest BCUT2D eigenvalue weighted by molar-refractivity contribution is 5.83. The van der Waals surface area contributed by atoms with Crippen molar-refractivity contribution in [3.05, 3.63) is 29.8 Å². The first-order valence-corrected chi connectivity index (χ1v) is 7.69. The molecule has 0 heterocycles. The molecule has 0 aliphatic heterocycles. The van der Waals surface area contributed by atoms with Gasteiger partial charge in [-0.3, -0.25) is 4.79 Å². The molecule has 3 nitrogen and oxygen atoms in total. The van der Waals surface area contributed by atoms with Crippen LogP contribution in [0.25, 0.3) is 0 Å². The van der Waals surface area contributed by atoms with E-state index in [1.54, 1.807) is 0 Å². The van der Waals surface area contributed by atoms with Crippen molar-refractivity contribution in [2.24, 2.45) is 5.41 Å². The molecule has 3 heteroatoms. The molecule has 1 aromatic rings. The lowest BCUT2D eigenvalue weighted by atomic mass is 9.83. The van der Waals surface area contributed by atoms with Crippen molar-refractivity contribution in [1.29, 1.82) is 0 Å². The molecule has 1 saturated carbocycles. The fourth-order valence-corrected chi connectivity index (χ4v) is 3.19. The van der Waals surface area contributed by atoms with E-state index in [9.17, 15) is 4.79 Å². The molecule has 1 fully saturated rings. The molecule has 3 N–H and O–H groups in total. The number of anilines is 1. The van der Waals surface area contributed by atoms with Gasteiger partial charge >= 0.3 is 0 Å². The molecule has 2 rings (SSSR count). The molecule has 1 aliphatic rings. The van der Waals surface area contributed by atoms with Gasteiger partial charge in [-0.2, -0.15) is 0 Å². The molecule has 0 bridgehead atoms. The Morgan fingerprint density at radius 3 is 2.70 bits per heavy atom. The van der Waals surface area contributed by atoms with Crippen LogP contribution in [0.1, 0.15) is 57.4 Å². The van der Waals surface area contributed by atoms with Crippen molar-refractivity contribution >= 4 is 11.6 Å². The predicted octanol–water partition coefficient (Wildman–Crippen LogP) is 3.46. The van der Waals surface area contributed by atoms with Gasteiger partial charge in [0.2, 0.25) is 5.91 Å². The van der Waals surface area contributed by atoms with Crippen molar-refractivity contribution in [3.63, 3.8) is 0 Å². The molecular formula is C17H26N2O. The van der Waals surface area contributed by atoms with Crippen LogP contribution in [0.2, 0.25) is 0 Å². The Kier molecular flexibility index (Phi) is 4.69. The van der Waals surface area contributed by atoms with E-state index in [4.69, 9.17) is 5.73 Å². The summed E-state index contributed by atoms with van der Waals surface area (Å²) in [6.45, 7) is 4.99. The number of rotatable bonds is 5. The lowest BCUT2D eigenvalue weighted by molar-refractivity contribution is -0.122. The van der Waals surface area contributed by atoms with Gasteiger partial charge in [0.1, 0.15) is 0 Å². The van der Waals surface area contributed by atoms with E-state index in [2.05, 4.69) is 12.2 Å². The molecule has 1 amide bonds. The molecule has 110 valence electrons. The van der Waals surface area contributed by atoms with Crippen molar-refractivity contribution in [3.8, 4) is 0 Å². The van der Waals surface area contributed by atoms with E-state index in [1.807, 2.05) is 31.2 Å². The normalized spacial score (nSPS) is 18.7. The van der Waals surface area contributed by atoms with E-state index >= 15 is 0 Å². The fourth-order valence-electron chi connectivity index (χ4n) is 3.19. The summed E-state index contributed by atoms with van der Waals surface area (Å²) in [5.41, 5.74) is 7.82. The van der Waals surface area contributed by atoms with E-state index in [-0.39, 0.29) is 11.8 Å². The number of carbonyl (C=O) groups is 1. The monoisotopic (exact) mass is 274 g/mol. The Hall–Kier alpha value is -1.51. The second-order valence-electron chi connectivity index (χ2n) is 6.17. The first-order chi connectivity index (χ1) is 9.56. The van der Waals surface area contributed by atoms with Gasteiger partial charge in [0, 0.05) is 12.2 Å². The van der Waals surface area contributed by atoms with Gasteiger partial charge in [-0.05, 0) is 49.3 Å². The number of nitrogens with one attached hydrogen (secondary N) is 1. The minimum absolute atomic E-state index is 0.107. The average Bonchev–Trinajstić information content (AvgIpc) is 2.93. The molecule has 1 atom stereocenters. The van der Waals surface area contributed by atoms with Gasteiger partial charge in [-0.25, -0.2) is 0 Å². The highest BCUT2D eigenvalue weighted by Gasteiger charge is 2.32. The molecular weight excluding hydrogens is 248 g/mol. The molecule has 0 aromatic heterocycles. The van der Waals surface area contributed by atoms with Gasteiger partial charge in [-0.1, -0.05) is 31.9 Å². The van der Waals surface area contributed by atoms with Gasteiger partial charge < -0.3 is 11.1 Å². The van der Waals surface area contributed by atoms with Crippen LogP contribution >= 0.6 is 0 Å². The first kappa shape index (κ1) is 14.9. The smallest absolute Gasteiger partial charge is 0.227 e. The number of amides is 1. The van der Waals surface area contributed by atoms with Gasteiger partial charge in [0.25, 0.3) is 0 Å². The third kappa shape index (κ3) is 3.33. The predicted molar refractivity (Wildman–Crippen MR) is 83.5 cm³/mol. The Bertz CT molecular complexity index is 464. The van der Waals surface area contributed by atoms with Crippen molar-refractivity contribution < 1.29 is 4.79 Å². The zero-order valence-corrected chi connectivity index (χ0v) is 12.6. The van der Waals surface area contributed by atoms with E-state index in [0.29, 0.717) is 11.1 Å². The van der Waals surface area contributed by atoms with Crippen LogP contribution in [0.4, 0.5) is 5.69 Å². The Morgan fingerprint density at radius 2 is 2.10 bits per heavy atom. The summed E-state index contributed by atoms with van der Waals surface area (Å²) in [5.74, 6) is -0.0378. The van der Waals surface area contributed by atoms with Crippen LogP contribution in [0, 0.1) is 5.41 Å². The molecule has 20 heavy (non-hydrogen) atoms. The van der Waals surface area contributed by atoms with Crippen LogP contribution < -0.4 is 11.1 Å². The van der Waals surface area contributed by atoms with Gasteiger partial charge in [0.05, 0.1) is 5.92 Å². The summed E-state index contributed by atoms with van der Waals surface area (Å²) in [6, 6.07) is 7.60. The number of benzene rings is 1. The third-order valence-electron chi connectivity index (χ3n) is 4.86. The molecule has 0 saturated heterocycles. The second-order valence-corrected chi connectivity index (χ2v) is 6.17. The maximum Gasteiger partial charge on any atom is 0.227 e. The number of nitrogen functional groups attached to an aromatic ring is 1. The van der Waals surface area contributed by atoms with Crippen LogP contribution in [0.15, 0.2) is 24.3 Å². The molecule has 0 radical (unpaired) electrons. The number of hydrogen-bond acceptors (Lipinski definition) is 2. The van der Waals surface area contributed by atoms with Crippen LogP contribution in [0.3, 0.4) is 0 Å². The van der Waals surface area contributed by atoms with Crippen LogP contribution in [-0.2, 0) is 4.79 Å². The zero-order valence-electron chi connectivity index (χ0n) is 12.6. The number of nitrogens with two attached hydrogens (primary N) is 1. The minimum Gasteiger partial charge on any atom is -0.399 e. The summed E-state index contributed by atoms with van der Waals surface area (Å²) >= 11 is 0. The maximum atomic E-state index is 12.3. The standard InChI is InChI=1S/C17H26N2O/c1-3-17(9-4-5-10-17)12-19-16(20)13(2)14-7-6-8-15(18)11-14/h6-8,11,13H,3-5,9-10,12,18H2,1-2H3,(H,19,20). The number of hydrogen-bond donors (Lipinski definition) is 2. The van der Waals surface area contributed by atoms with Crippen molar-refractivity contribution in [2.45, 2.75) is 51.9 Å². The van der Waals surface area contributed by atoms with E-state index in [1.165, 1.54) is 25.7 Å². The van der Waals surface area contributed by atoms with Crippen molar-refractivity contribution in [2.75, 3.05) is 12.3 Å². The lowest BCUT2D eigenvalue weighted by Crippen LogP contribution is -2.37. The summed E-state index contributed by atoms with van der Waals surface area (Å²) in [4.78, 5) is 12.3. The molecule has 0 spiro atoms. The molecule has 1 aromatic carbocycles. The van der Waals surface area contributed by atoms with Crippen molar-refractivity contribution in [1.82, 2.24) is 5.32 Å². The second kappa shape index (κ2) is 6.29. The fraction of sp³-hybridized carbons (Fsp3) is 0.588. The zero-order chi connectivity index (χ0) is 14.6. The quantitative estimate of drug-likeness (QED) is 0.808. The summed E-state index contributed by atoms with van der Waals surface area (Å²) in [7, 11) is 0. The summed E-state index contributed by atoms with van der Waals surface area (Å²) < 4.78 is 0. The molecule has 1 unspecified atom stereocenters. The van der Waals surface area contributed by atoms with Gasteiger partial charge in [0.15, 0.2) is 0 Å². The maximum absolute atomic E-state index is 12.3. The summed E-state index contributed by atoms with van der Waals surface area (Å²) in [5, 5.41) is 3.15. The average molecular weight is 274 g/mol. The largest absolute Gasteiger partial charge is 0.399 e. The van der Waals surface area contributed by atoms with E-state index in [0.717, 1.165) is 18.5 Å². The number of carbonyl (C=O) groups excluding carboxylic acids is 1. The Morgan fingerprint density at radius 1 is 1.40 bits per heavy atom. The summed E-state index contributed by atoms with van der Waals surface area (Å²) in [6.07, 6.45) is 6.25. The topological polar surface area (TPSA) is 55.1 Å². The lowest BCUT2D eigenvalue weighted by Gasteiger charge is -2.28. The van der Waals surface area contributed by atoms with Crippen LogP contribution in [-0.4, -0.2) is 12.5 Å². The Labute approximate surface area is 121 Å². The minimum atomic E-state index is -0.145. The Balaban J connectivity index is 1.94. The van der Waals surface area contributed by atoms with E-state index < -0.39 is 0 Å². The molecule has 1 aliphatic carbocycles.